The van der Waals surface area contributed by atoms with E-state index in [2.05, 4.69) is 9.97 Å². The highest BCUT2D eigenvalue weighted by molar-refractivity contribution is 5.62. The molecule has 1 heterocycles. The summed E-state index contributed by atoms with van der Waals surface area (Å²) in [5, 5.41) is 0. The molecule has 0 atom stereocenters. The second-order valence-electron chi connectivity index (χ2n) is 2.97. The highest BCUT2D eigenvalue weighted by atomic mass is 16.1. The minimum absolute atomic E-state index is 0.168. The molecular weight excluding hydrogens is 164 g/mol. The van der Waals surface area contributed by atoms with Crippen molar-refractivity contribution in [1.29, 1.82) is 0 Å². The van der Waals surface area contributed by atoms with Crippen LogP contribution in [0.4, 0.5) is 0 Å². The maximum Gasteiger partial charge on any atom is 0.323 e. The number of H-pyrrole nitrogens is 2. The first-order valence-corrected chi connectivity index (χ1v) is 4.11. The van der Waals surface area contributed by atoms with Crippen LogP contribution in [0.2, 0.25) is 0 Å². The van der Waals surface area contributed by atoms with Crippen LogP contribution in [-0.2, 0) is 0 Å². The molecule has 0 bridgehead atoms. The third kappa shape index (κ3) is 1.40. The van der Waals surface area contributed by atoms with Crippen LogP contribution < -0.4 is 5.69 Å². The number of hydrogen-bond acceptors (Lipinski definition) is 1. The van der Waals surface area contributed by atoms with Gasteiger partial charge in [-0.25, -0.2) is 4.79 Å². The van der Waals surface area contributed by atoms with Gasteiger partial charge in [0, 0.05) is 11.8 Å². The summed E-state index contributed by atoms with van der Waals surface area (Å²) in [4.78, 5) is 16.2. The van der Waals surface area contributed by atoms with Crippen molar-refractivity contribution in [2.24, 2.45) is 0 Å². The number of aromatic amines is 2. The normalized spacial score (nSPS) is 10.2. The molecule has 0 aliphatic rings. The molecule has 1 aromatic carbocycles. The quantitative estimate of drug-likeness (QED) is 0.678. The van der Waals surface area contributed by atoms with Gasteiger partial charge in [0.25, 0.3) is 0 Å². The van der Waals surface area contributed by atoms with Crippen LogP contribution in [0.5, 0.6) is 0 Å². The minimum atomic E-state index is -0.168. The van der Waals surface area contributed by atoms with Crippen molar-refractivity contribution in [3.8, 4) is 11.3 Å². The van der Waals surface area contributed by atoms with Crippen molar-refractivity contribution in [3.63, 3.8) is 0 Å². The topological polar surface area (TPSA) is 48.6 Å². The van der Waals surface area contributed by atoms with Gasteiger partial charge < -0.3 is 9.97 Å². The molecule has 2 rings (SSSR count). The number of nitrogens with one attached hydrogen (secondary N) is 2. The minimum Gasteiger partial charge on any atom is -0.312 e. The first-order valence-electron chi connectivity index (χ1n) is 4.11. The zero-order valence-corrected chi connectivity index (χ0v) is 7.29. The molecule has 3 heteroatoms. The van der Waals surface area contributed by atoms with Gasteiger partial charge in [0.1, 0.15) is 0 Å². The van der Waals surface area contributed by atoms with Gasteiger partial charge in [-0.2, -0.15) is 0 Å². The van der Waals surface area contributed by atoms with Gasteiger partial charge >= 0.3 is 5.69 Å². The van der Waals surface area contributed by atoms with Crippen molar-refractivity contribution in [2.45, 2.75) is 6.92 Å². The molecule has 0 fully saturated rings. The van der Waals surface area contributed by atoms with Crippen LogP contribution in [0.25, 0.3) is 11.3 Å². The number of benzene rings is 1. The average molecular weight is 174 g/mol. The smallest absolute Gasteiger partial charge is 0.312 e. The second kappa shape index (κ2) is 2.94. The maximum atomic E-state index is 10.9. The third-order valence-electron chi connectivity index (χ3n) is 2.03. The molecule has 0 spiro atoms. The van der Waals surface area contributed by atoms with E-state index in [0.717, 1.165) is 16.8 Å². The first-order chi connectivity index (χ1) is 6.27. The summed E-state index contributed by atoms with van der Waals surface area (Å²) in [7, 11) is 0. The van der Waals surface area contributed by atoms with Crippen molar-refractivity contribution in [3.05, 3.63) is 46.5 Å². The first kappa shape index (κ1) is 7.86. The van der Waals surface area contributed by atoms with E-state index in [1.165, 1.54) is 0 Å². The Morgan fingerprint density at radius 2 is 2.00 bits per heavy atom. The van der Waals surface area contributed by atoms with Crippen molar-refractivity contribution in [2.75, 3.05) is 0 Å². The fraction of sp³-hybridized carbons (Fsp3) is 0.100. The summed E-state index contributed by atoms with van der Waals surface area (Å²) < 4.78 is 0. The summed E-state index contributed by atoms with van der Waals surface area (Å²) in [6.45, 7) is 2.01. The summed E-state index contributed by atoms with van der Waals surface area (Å²) in [5.74, 6) is 0. The van der Waals surface area contributed by atoms with Crippen LogP contribution in [0.1, 0.15) is 5.56 Å². The van der Waals surface area contributed by atoms with E-state index in [-0.39, 0.29) is 5.69 Å². The molecule has 13 heavy (non-hydrogen) atoms. The van der Waals surface area contributed by atoms with Gasteiger partial charge in [0.05, 0.1) is 5.69 Å². The van der Waals surface area contributed by atoms with E-state index in [4.69, 9.17) is 0 Å². The number of rotatable bonds is 1. The van der Waals surface area contributed by atoms with Crippen LogP contribution in [0.3, 0.4) is 0 Å². The van der Waals surface area contributed by atoms with E-state index in [0.29, 0.717) is 0 Å². The highest BCUT2D eigenvalue weighted by Gasteiger charge is 2.01. The zero-order valence-electron chi connectivity index (χ0n) is 7.29. The molecule has 2 N–H and O–H groups in total. The lowest BCUT2D eigenvalue weighted by atomic mass is 10.1. The van der Waals surface area contributed by atoms with Gasteiger partial charge in [-0.05, 0) is 12.5 Å². The zero-order chi connectivity index (χ0) is 9.26. The van der Waals surface area contributed by atoms with E-state index in [1.54, 1.807) is 6.20 Å². The Morgan fingerprint density at radius 3 is 2.62 bits per heavy atom. The van der Waals surface area contributed by atoms with Crippen LogP contribution >= 0.6 is 0 Å². The molecule has 66 valence electrons. The fourth-order valence-corrected chi connectivity index (χ4v) is 1.35. The molecule has 1 aromatic heterocycles. The SMILES string of the molecule is Cc1ccccc1-c1c[nH]c(=O)[nH]1. The molecule has 0 aliphatic carbocycles. The molecule has 0 unspecified atom stereocenters. The lowest BCUT2D eigenvalue weighted by molar-refractivity contribution is 1.19. The molecule has 0 aliphatic heterocycles. The molecule has 0 amide bonds. The van der Waals surface area contributed by atoms with Crippen LogP contribution in [0, 0.1) is 6.92 Å². The molecule has 0 saturated carbocycles. The van der Waals surface area contributed by atoms with Crippen LogP contribution in [0.15, 0.2) is 35.3 Å². The molecule has 0 radical (unpaired) electrons. The van der Waals surface area contributed by atoms with Gasteiger partial charge in [-0.1, -0.05) is 24.3 Å². The number of aryl methyl sites for hydroxylation is 1. The predicted molar refractivity (Wildman–Crippen MR) is 51.6 cm³/mol. The van der Waals surface area contributed by atoms with E-state index in [9.17, 15) is 4.79 Å². The summed E-state index contributed by atoms with van der Waals surface area (Å²) >= 11 is 0. The van der Waals surface area contributed by atoms with Gasteiger partial charge in [0.15, 0.2) is 0 Å². The lowest BCUT2D eigenvalue weighted by Crippen LogP contribution is -2.00. The second-order valence-corrected chi connectivity index (χ2v) is 2.97. The van der Waals surface area contributed by atoms with E-state index < -0.39 is 0 Å². The third-order valence-corrected chi connectivity index (χ3v) is 2.03. The van der Waals surface area contributed by atoms with Crippen LogP contribution in [-0.4, -0.2) is 9.97 Å². The molecular formula is C10H10N2O. The summed E-state index contributed by atoms with van der Waals surface area (Å²) in [6.07, 6.45) is 1.69. The average Bonchev–Trinajstić information content (AvgIpc) is 2.53. The Balaban J connectivity index is 2.58. The summed E-state index contributed by atoms with van der Waals surface area (Å²) in [6, 6.07) is 7.92. The Bertz CT molecular complexity index is 468. The van der Waals surface area contributed by atoms with Gasteiger partial charge in [-0.15, -0.1) is 0 Å². The number of imidazole rings is 1. The van der Waals surface area contributed by atoms with Gasteiger partial charge in [0.2, 0.25) is 0 Å². The monoisotopic (exact) mass is 174 g/mol. The fourth-order valence-electron chi connectivity index (χ4n) is 1.35. The lowest BCUT2D eigenvalue weighted by Gasteiger charge is -2.00. The Hall–Kier alpha value is -1.77. The predicted octanol–water partition coefficient (Wildman–Crippen LogP) is 1.68. The van der Waals surface area contributed by atoms with E-state index in [1.807, 2.05) is 31.2 Å². The van der Waals surface area contributed by atoms with Crippen molar-refractivity contribution >= 4 is 0 Å². The standard InChI is InChI=1S/C10H10N2O/c1-7-4-2-3-5-8(7)9-6-11-10(13)12-9/h2-6H,1H3,(H2,11,12,13). The highest BCUT2D eigenvalue weighted by Crippen LogP contribution is 2.18. The van der Waals surface area contributed by atoms with E-state index >= 15 is 0 Å². The largest absolute Gasteiger partial charge is 0.323 e. The van der Waals surface area contributed by atoms with Crippen molar-refractivity contribution < 1.29 is 0 Å². The molecule has 2 aromatic rings. The number of hydrogen-bond donors (Lipinski definition) is 2. The Kier molecular flexibility index (Phi) is 1.77. The molecule has 3 nitrogen and oxygen atoms in total. The number of aromatic nitrogens is 2. The van der Waals surface area contributed by atoms with Gasteiger partial charge in [-0.3, -0.25) is 0 Å². The van der Waals surface area contributed by atoms with Crippen molar-refractivity contribution in [1.82, 2.24) is 9.97 Å². The Labute approximate surface area is 75.4 Å². The molecule has 0 saturated heterocycles. The Morgan fingerprint density at radius 1 is 1.23 bits per heavy atom. The summed E-state index contributed by atoms with van der Waals surface area (Å²) in [5.41, 5.74) is 2.87. The maximum absolute atomic E-state index is 10.9.